The van der Waals surface area contributed by atoms with Crippen LogP contribution < -0.4 is 19.5 Å². The van der Waals surface area contributed by atoms with Crippen LogP contribution in [0.5, 0.6) is 17.2 Å². The second kappa shape index (κ2) is 10.4. The van der Waals surface area contributed by atoms with Crippen LogP contribution in [-0.2, 0) is 6.42 Å². The summed E-state index contributed by atoms with van der Waals surface area (Å²) in [7, 11) is 5.83. The Labute approximate surface area is 185 Å². The Hall–Kier alpha value is -1.95. The van der Waals surface area contributed by atoms with Crippen LogP contribution in [0, 0.1) is 6.92 Å². The van der Waals surface area contributed by atoms with Gasteiger partial charge in [0.15, 0.2) is 11.5 Å². The third-order valence-corrected chi connectivity index (χ3v) is 5.57. The first-order valence-corrected chi connectivity index (χ1v) is 11.0. The van der Waals surface area contributed by atoms with Crippen molar-refractivity contribution in [2.24, 2.45) is 0 Å². The Morgan fingerprint density at radius 1 is 1.10 bits per heavy atom. The minimum Gasteiger partial charge on any atom is -0.493 e. The molecule has 0 saturated heterocycles. The van der Waals surface area contributed by atoms with E-state index in [-0.39, 0.29) is 6.04 Å². The number of rotatable bonds is 9. The van der Waals surface area contributed by atoms with E-state index < -0.39 is 0 Å². The summed E-state index contributed by atoms with van der Waals surface area (Å²) in [6.45, 7) is 7.16. The van der Waals surface area contributed by atoms with E-state index in [0.29, 0.717) is 18.2 Å². The standard InChI is InChI=1S/C24H33ClN2O3/c1-6-29-24-16(2)12-18(25)14-20(24)23-19-15-22(30-11-7-10-27(3)4)21(28-5)13-17(19)8-9-26-23/h12-15,23,26H,6-11H2,1-5H3. The van der Waals surface area contributed by atoms with Crippen molar-refractivity contribution in [3.05, 3.63) is 51.5 Å². The normalized spacial score (nSPS) is 15.8. The number of hydrogen-bond acceptors (Lipinski definition) is 5. The van der Waals surface area contributed by atoms with Gasteiger partial charge in [-0.15, -0.1) is 0 Å². The lowest BCUT2D eigenvalue weighted by molar-refractivity contribution is 0.267. The van der Waals surface area contributed by atoms with Crippen LogP contribution in [0.4, 0.5) is 0 Å². The molecule has 1 unspecified atom stereocenters. The fraction of sp³-hybridized carbons (Fsp3) is 0.500. The first kappa shape index (κ1) is 22.7. The largest absolute Gasteiger partial charge is 0.493 e. The molecule has 0 radical (unpaired) electrons. The number of nitrogens with zero attached hydrogens (tertiary/aromatic N) is 1. The Morgan fingerprint density at radius 3 is 2.60 bits per heavy atom. The van der Waals surface area contributed by atoms with E-state index in [1.165, 1.54) is 11.1 Å². The molecule has 0 fully saturated rings. The summed E-state index contributed by atoms with van der Waals surface area (Å²) >= 11 is 6.43. The number of fused-ring (bicyclic) bond motifs is 1. The second-order valence-corrected chi connectivity index (χ2v) is 8.35. The first-order valence-electron chi connectivity index (χ1n) is 10.6. The predicted octanol–water partition coefficient (Wildman–Crippen LogP) is 4.62. The molecule has 0 aliphatic carbocycles. The Balaban J connectivity index is 1.98. The molecule has 1 aliphatic rings. The highest BCUT2D eigenvalue weighted by Crippen LogP contribution is 2.41. The van der Waals surface area contributed by atoms with Gasteiger partial charge < -0.3 is 24.4 Å². The van der Waals surface area contributed by atoms with Crippen molar-refractivity contribution in [1.29, 1.82) is 0 Å². The van der Waals surface area contributed by atoms with Crippen LogP contribution >= 0.6 is 11.6 Å². The van der Waals surface area contributed by atoms with Crippen molar-refractivity contribution in [1.82, 2.24) is 10.2 Å². The average molecular weight is 433 g/mol. The van der Waals surface area contributed by atoms with Gasteiger partial charge in [0, 0.05) is 23.7 Å². The smallest absolute Gasteiger partial charge is 0.161 e. The molecule has 30 heavy (non-hydrogen) atoms. The van der Waals surface area contributed by atoms with Crippen LogP contribution in [0.3, 0.4) is 0 Å². The highest BCUT2D eigenvalue weighted by molar-refractivity contribution is 6.30. The summed E-state index contributed by atoms with van der Waals surface area (Å²) < 4.78 is 17.8. The van der Waals surface area contributed by atoms with Gasteiger partial charge in [0.2, 0.25) is 0 Å². The van der Waals surface area contributed by atoms with E-state index in [1.54, 1.807) is 7.11 Å². The fourth-order valence-corrected chi connectivity index (χ4v) is 4.27. The lowest BCUT2D eigenvalue weighted by atomic mass is 9.88. The molecule has 3 rings (SSSR count). The number of nitrogens with one attached hydrogen (secondary N) is 1. The monoisotopic (exact) mass is 432 g/mol. The van der Waals surface area contributed by atoms with Crippen LogP contribution in [-0.4, -0.2) is 52.4 Å². The fourth-order valence-electron chi connectivity index (χ4n) is 3.99. The van der Waals surface area contributed by atoms with Crippen molar-refractivity contribution >= 4 is 11.6 Å². The second-order valence-electron chi connectivity index (χ2n) is 7.92. The molecule has 164 valence electrons. The van der Waals surface area contributed by atoms with Gasteiger partial charge in [-0.1, -0.05) is 11.6 Å². The molecular weight excluding hydrogens is 400 g/mol. The van der Waals surface area contributed by atoms with Crippen molar-refractivity contribution in [3.8, 4) is 17.2 Å². The van der Waals surface area contributed by atoms with Gasteiger partial charge in [-0.2, -0.15) is 0 Å². The van der Waals surface area contributed by atoms with Crippen molar-refractivity contribution in [3.63, 3.8) is 0 Å². The summed E-state index contributed by atoms with van der Waals surface area (Å²) in [6.07, 6.45) is 1.89. The summed E-state index contributed by atoms with van der Waals surface area (Å²) in [4.78, 5) is 2.16. The maximum atomic E-state index is 6.43. The molecule has 2 aromatic carbocycles. The molecule has 0 bridgehead atoms. The average Bonchev–Trinajstić information content (AvgIpc) is 2.71. The topological polar surface area (TPSA) is 43.0 Å². The highest BCUT2D eigenvalue weighted by Gasteiger charge is 2.27. The highest BCUT2D eigenvalue weighted by atomic mass is 35.5. The van der Waals surface area contributed by atoms with Gasteiger partial charge in [-0.3, -0.25) is 0 Å². The van der Waals surface area contributed by atoms with E-state index in [2.05, 4.69) is 36.4 Å². The summed E-state index contributed by atoms with van der Waals surface area (Å²) in [5.41, 5.74) is 4.55. The number of benzene rings is 2. The van der Waals surface area contributed by atoms with E-state index in [9.17, 15) is 0 Å². The SMILES string of the molecule is CCOc1c(C)cc(Cl)cc1C1NCCc2cc(OC)c(OCCCN(C)C)cc21. The lowest BCUT2D eigenvalue weighted by Crippen LogP contribution is -2.31. The molecule has 1 aliphatic heterocycles. The zero-order chi connectivity index (χ0) is 21.7. The molecule has 0 amide bonds. The van der Waals surface area contributed by atoms with Gasteiger partial charge in [0.25, 0.3) is 0 Å². The quantitative estimate of drug-likeness (QED) is 0.585. The molecular formula is C24H33ClN2O3. The summed E-state index contributed by atoms with van der Waals surface area (Å²) in [5, 5.41) is 4.37. The maximum Gasteiger partial charge on any atom is 0.161 e. The van der Waals surface area contributed by atoms with Gasteiger partial charge in [-0.25, -0.2) is 0 Å². The molecule has 0 aromatic heterocycles. The zero-order valence-electron chi connectivity index (χ0n) is 18.7. The van der Waals surface area contributed by atoms with Crippen LogP contribution in [0.25, 0.3) is 0 Å². The number of aryl methyl sites for hydroxylation is 1. The molecule has 1 heterocycles. The van der Waals surface area contributed by atoms with Crippen LogP contribution in [0.1, 0.15) is 41.6 Å². The minimum atomic E-state index is -0.0114. The first-order chi connectivity index (χ1) is 14.4. The van der Waals surface area contributed by atoms with Crippen LogP contribution in [0.2, 0.25) is 5.02 Å². The van der Waals surface area contributed by atoms with E-state index in [1.807, 2.05) is 26.0 Å². The Kier molecular flexibility index (Phi) is 7.87. The number of hydrogen-bond donors (Lipinski definition) is 1. The van der Waals surface area contributed by atoms with Gasteiger partial charge >= 0.3 is 0 Å². The lowest BCUT2D eigenvalue weighted by Gasteiger charge is -2.30. The molecule has 2 aromatic rings. The molecule has 1 atom stereocenters. The Bertz CT molecular complexity index is 870. The van der Waals surface area contributed by atoms with Crippen LogP contribution in [0.15, 0.2) is 24.3 Å². The summed E-state index contributed by atoms with van der Waals surface area (Å²) in [5.74, 6) is 2.46. The number of halogens is 1. The predicted molar refractivity (Wildman–Crippen MR) is 123 cm³/mol. The van der Waals surface area contributed by atoms with Crippen molar-refractivity contribution in [2.45, 2.75) is 32.7 Å². The van der Waals surface area contributed by atoms with E-state index >= 15 is 0 Å². The maximum absolute atomic E-state index is 6.43. The van der Waals surface area contributed by atoms with Gasteiger partial charge in [0.1, 0.15) is 5.75 Å². The van der Waals surface area contributed by atoms with Gasteiger partial charge in [0.05, 0.1) is 26.4 Å². The molecule has 0 spiro atoms. The van der Waals surface area contributed by atoms with E-state index in [4.69, 9.17) is 25.8 Å². The minimum absolute atomic E-state index is 0.0114. The Morgan fingerprint density at radius 2 is 1.90 bits per heavy atom. The summed E-state index contributed by atoms with van der Waals surface area (Å²) in [6, 6.07) is 8.18. The van der Waals surface area contributed by atoms with Crippen molar-refractivity contribution < 1.29 is 14.2 Å². The van der Waals surface area contributed by atoms with Crippen molar-refractivity contribution in [2.75, 3.05) is 47.5 Å². The molecule has 1 N–H and O–H groups in total. The molecule has 5 nitrogen and oxygen atoms in total. The van der Waals surface area contributed by atoms with Gasteiger partial charge in [-0.05, 0) is 81.7 Å². The third kappa shape index (κ3) is 5.20. The third-order valence-electron chi connectivity index (χ3n) is 5.35. The number of methoxy groups -OCH3 is 1. The molecule has 0 saturated carbocycles. The van der Waals surface area contributed by atoms with E-state index in [0.717, 1.165) is 54.3 Å². The molecule has 6 heteroatoms. The zero-order valence-corrected chi connectivity index (χ0v) is 19.4. The number of ether oxygens (including phenoxy) is 3.